The van der Waals surface area contributed by atoms with Crippen LogP contribution in [0, 0.1) is 0 Å². The number of rotatable bonds is 7. The summed E-state index contributed by atoms with van der Waals surface area (Å²) in [4.78, 5) is 1.17. The first-order chi connectivity index (χ1) is 9.74. The summed E-state index contributed by atoms with van der Waals surface area (Å²) in [6.45, 7) is 4.42. The van der Waals surface area contributed by atoms with Gasteiger partial charge in [0.25, 0.3) is 0 Å². The zero-order chi connectivity index (χ0) is 14.4. The number of thiophene rings is 1. The van der Waals surface area contributed by atoms with Crippen LogP contribution in [0.3, 0.4) is 0 Å². The number of nitrogens with one attached hydrogen (secondary N) is 1. The molecule has 0 aliphatic heterocycles. The van der Waals surface area contributed by atoms with Gasteiger partial charge in [-0.05, 0) is 51.6 Å². The van der Waals surface area contributed by atoms with Crippen molar-refractivity contribution in [3.8, 4) is 11.5 Å². The lowest BCUT2D eigenvalue weighted by Crippen LogP contribution is -2.11. The van der Waals surface area contributed by atoms with E-state index in [1.54, 1.807) is 18.4 Å². The highest BCUT2D eigenvalue weighted by Crippen LogP contribution is 2.30. The van der Waals surface area contributed by atoms with Gasteiger partial charge in [-0.3, -0.25) is 0 Å². The van der Waals surface area contributed by atoms with Gasteiger partial charge in [-0.15, -0.1) is 11.3 Å². The van der Waals surface area contributed by atoms with Gasteiger partial charge in [0.2, 0.25) is 0 Å². The second kappa shape index (κ2) is 7.67. The molecular formula is C15H18BrNO2S. The lowest BCUT2D eigenvalue weighted by Gasteiger charge is -2.12. The van der Waals surface area contributed by atoms with Gasteiger partial charge >= 0.3 is 0 Å². The van der Waals surface area contributed by atoms with E-state index in [-0.39, 0.29) is 0 Å². The fraction of sp³-hybridized carbons (Fsp3) is 0.333. The van der Waals surface area contributed by atoms with Crippen molar-refractivity contribution in [2.75, 3.05) is 13.7 Å². The van der Waals surface area contributed by atoms with Crippen LogP contribution in [0.15, 0.2) is 34.1 Å². The third-order valence-corrected chi connectivity index (χ3v) is 4.76. The summed E-state index contributed by atoms with van der Waals surface area (Å²) in [5.41, 5.74) is 1.19. The minimum atomic E-state index is 0.541. The second-order valence-electron chi connectivity index (χ2n) is 4.25. The maximum atomic E-state index is 5.90. The molecule has 20 heavy (non-hydrogen) atoms. The molecule has 1 N–H and O–H groups in total. The third kappa shape index (κ3) is 3.98. The van der Waals surface area contributed by atoms with Crippen molar-refractivity contribution in [3.63, 3.8) is 0 Å². The second-order valence-corrected chi connectivity index (χ2v) is 6.10. The van der Waals surface area contributed by atoms with Gasteiger partial charge in [0.15, 0.2) is 11.5 Å². The number of ether oxygens (including phenoxy) is 2. The topological polar surface area (TPSA) is 30.5 Å². The summed E-state index contributed by atoms with van der Waals surface area (Å²) >= 11 is 5.19. The van der Waals surface area contributed by atoms with Crippen molar-refractivity contribution >= 4 is 27.3 Å². The minimum Gasteiger partial charge on any atom is -0.493 e. The number of halogens is 1. The molecule has 0 unspecified atom stereocenters. The minimum absolute atomic E-state index is 0.541. The fourth-order valence-corrected chi connectivity index (χ4v) is 3.16. The molecule has 0 radical (unpaired) electrons. The average Bonchev–Trinajstić information content (AvgIpc) is 2.88. The molecule has 0 spiro atoms. The van der Waals surface area contributed by atoms with Crippen molar-refractivity contribution in [2.24, 2.45) is 0 Å². The van der Waals surface area contributed by atoms with E-state index >= 15 is 0 Å². The molecule has 0 aliphatic rings. The summed E-state index contributed by atoms with van der Waals surface area (Å²) in [6, 6.07) is 8.06. The number of hydrogen-bond donors (Lipinski definition) is 1. The predicted octanol–water partition coefficient (Wildman–Crippen LogP) is 4.21. The number of methoxy groups -OCH3 is 1. The largest absolute Gasteiger partial charge is 0.493 e. The highest BCUT2D eigenvalue weighted by molar-refractivity contribution is 9.10. The summed E-state index contributed by atoms with van der Waals surface area (Å²) < 4.78 is 12.3. The Hall–Kier alpha value is -1.04. The Morgan fingerprint density at radius 2 is 2.10 bits per heavy atom. The monoisotopic (exact) mass is 355 g/mol. The number of benzene rings is 1. The van der Waals surface area contributed by atoms with Crippen LogP contribution in [0.5, 0.6) is 11.5 Å². The van der Waals surface area contributed by atoms with E-state index in [0.29, 0.717) is 6.61 Å². The van der Waals surface area contributed by atoms with Crippen LogP contribution in [-0.2, 0) is 13.2 Å². The van der Waals surface area contributed by atoms with Crippen LogP contribution >= 0.6 is 27.3 Å². The maximum Gasteiger partial charge on any atom is 0.162 e. The maximum absolute atomic E-state index is 5.90. The average molecular weight is 356 g/mol. The van der Waals surface area contributed by atoms with E-state index in [9.17, 15) is 0 Å². The molecule has 1 heterocycles. The van der Waals surface area contributed by atoms with E-state index < -0.39 is 0 Å². The van der Waals surface area contributed by atoms with Crippen molar-refractivity contribution in [2.45, 2.75) is 20.1 Å². The number of hydrogen-bond acceptors (Lipinski definition) is 4. The van der Waals surface area contributed by atoms with E-state index in [0.717, 1.165) is 29.1 Å². The van der Waals surface area contributed by atoms with E-state index in [4.69, 9.17) is 9.47 Å². The zero-order valence-corrected chi connectivity index (χ0v) is 14.0. The van der Waals surface area contributed by atoms with Crippen molar-refractivity contribution < 1.29 is 9.47 Å². The lowest BCUT2D eigenvalue weighted by atomic mass is 10.2. The Kier molecular flexibility index (Phi) is 5.88. The first-order valence-electron chi connectivity index (χ1n) is 6.47. The fourth-order valence-electron chi connectivity index (χ4n) is 1.78. The molecule has 0 fully saturated rings. The molecular weight excluding hydrogens is 338 g/mol. The normalized spacial score (nSPS) is 10.6. The molecule has 0 atom stereocenters. The van der Waals surface area contributed by atoms with Crippen LogP contribution in [-0.4, -0.2) is 13.7 Å². The molecule has 3 nitrogen and oxygen atoms in total. The van der Waals surface area contributed by atoms with Crippen molar-refractivity contribution in [1.29, 1.82) is 0 Å². The lowest BCUT2D eigenvalue weighted by molar-refractivity contribution is 0.286. The Morgan fingerprint density at radius 3 is 2.75 bits per heavy atom. The zero-order valence-electron chi connectivity index (χ0n) is 11.6. The molecule has 0 bridgehead atoms. The standard InChI is InChI=1S/C15H18BrNO2S/c1-3-17-9-11-4-5-13(18-2)14(8-11)19-10-15-12(16)6-7-20-15/h4-8,17H,3,9-10H2,1-2H3. The molecule has 0 saturated carbocycles. The Bertz CT molecular complexity index is 557. The summed E-state index contributed by atoms with van der Waals surface area (Å²) in [5.74, 6) is 1.54. The summed E-state index contributed by atoms with van der Waals surface area (Å²) in [7, 11) is 1.66. The molecule has 108 valence electrons. The summed E-state index contributed by atoms with van der Waals surface area (Å²) in [5, 5.41) is 5.35. The van der Waals surface area contributed by atoms with Gasteiger partial charge in [-0.1, -0.05) is 13.0 Å². The van der Waals surface area contributed by atoms with E-state index in [1.807, 2.05) is 23.6 Å². The van der Waals surface area contributed by atoms with Gasteiger partial charge in [0.05, 0.1) is 12.0 Å². The van der Waals surface area contributed by atoms with Crippen LogP contribution in [0.25, 0.3) is 0 Å². The molecule has 2 rings (SSSR count). The Morgan fingerprint density at radius 1 is 1.25 bits per heavy atom. The van der Waals surface area contributed by atoms with E-state index in [1.165, 1.54) is 10.4 Å². The highest BCUT2D eigenvalue weighted by atomic mass is 79.9. The van der Waals surface area contributed by atoms with Gasteiger partial charge < -0.3 is 14.8 Å². The van der Waals surface area contributed by atoms with Gasteiger partial charge in [-0.2, -0.15) is 0 Å². The van der Waals surface area contributed by atoms with E-state index in [2.05, 4.69) is 34.2 Å². The first-order valence-corrected chi connectivity index (χ1v) is 8.14. The molecule has 5 heteroatoms. The van der Waals surface area contributed by atoms with Crippen LogP contribution in [0.1, 0.15) is 17.4 Å². The van der Waals surface area contributed by atoms with Crippen molar-refractivity contribution in [1.82, 2.24) is 5.32 Å². The van der Waals surface area contributed by atoms with Crippen LogP contribution in [0.2, 0.25) is 0 Å². The molecule has 2 aromatic rings. The summed E-state index contributed by atoms with van der Waals surface area (Å²) in [6.07, 6.45) is 0. The molecule has 0 saturated heterocycles. The van der Waals surface area contributed by atoms with Crippen LogP contribution in [0.4, 0.5) is 0 Å². The quantitative estimate of drug-likeness (QED) is 0.806. The third-order valence-electron chi connectivity index (χ3n) is 2.86. The van der Waals surface area contributed by atoms with Crippen LogP contribution < -0.4 is 14.8 Å². The van der Waals surface area contributed by atoms with Gasteiger partial charge in [-0.25, -0.2) is 0 Å². The molecule has 1 aromatic carbocycles. The van der Waals surface area contributed by atoms with Gasteiger partial charge in [0, 0.05) is 11.0 Å². The molecule has 0 aliphatic carbocycles. The molecule has 0 amide bonds. The first kappa shape index (κ1) is 15.4. The smallest absolute Gasteiger partial charge is 0.162 e. The Balaban J connectivity index is 2.09. The predicted molar refractivity (Wildman–Crippen MR) is 86.7 cm³/mol. The van der Waals surface area contributed by atoms with Crippen molar-refractivity contribution in [3.05, 3.63) is 44.6 Å². The Labute approximate surface area is 132 Å². The highest BCUT2D eigenvalue weighted by Gasteiger charge is 2.08. The molecule has 1 aromatic heterocycles. The SMILES string of the molecule is CCNCc1ccc(OC)c(OCc2sccc2Br)c1. The van der Waals surface area contributed by atoms with Gasteiger partial charge in [0.1, 0.15) is 6.61 Å².